The first-order valence-electron chi connectivity index (χ1n) is 12.1. The third-order valence-corrected chi connectivity index (χ3v) is 8.09. The van der Waals surface area contributed by atoms with Crippen molar-refractivity contribution >= 4 is 43.4 Å². The molecule has 38 heavy (non-hydrogen) atoms. The average Bonchev–Trinajstić information content (AvgIpc) is 2.88. The standard InChI is InChI=1S/C28H34N4O4S2/c1-27(2,3)25-29-17-13-21(35-9)19(33-7)11-15(17)23(31-25)37-38-24-16-12-20(34-8)22(36-10)14-18(16)30-26(32-24)28(4,5)6/h11-14H,1-10H3. The van der Waals surface area contributed by atoms with E-state index < -0.39 is 0 Å². The van der Waals surface area contributed by atoms with Crippen LogP contribution in [0.2, 0.25) is 0 Å². The SMILES string of the molecule is COc1cc2nc(C(C)(C)C)nc(SSc3nc(C(C)(C)C)nc4cc(OC)c(OC)cc34)c2cc1OC. The Morgan fingerprint density at radius 1 is 0.500 bits per heavy atom. The molecular weight excluding hydrogens is 520 g/mol. The lowest BCUT2D eigenvalue weighted by Gasteiger charge is -2.20. The molecule has 0 aliphatic heterocycles. The van der Waals surface area contributed by atoms with Gasteiger partial charge in [-0.15, -0.1) is 0 Å². The average molecular weight is 555 g/mol. The Morgan fingerprint density at radius 2 is 0.816 bits per heavy atom. The molecule has 0 N–H and O–H groups in total. The summed E-state index contributed by atoms with van der Waals surface area (Å²) in [7, 11) is 9.55. The second-order valence-corrected chi connectivity index (χ2v) is 12.9. The zero-order valence-corrected chi connectivity index (χ0v) is 25.2. The highest BCUT2D eigenvalue weighted by Gasteiger charge is 2.24. The van der Waals surface area contributed by atoms with Crippen LogP contribution in [-0.2, 0) is 10.8 Å². The molecule has 0 aliphatic rings. The van der Waals surface area contributed by atoms with Gasteiger partial charge >= 0.3 is 0 Å². The summed E-state index contributed by atoms with van der Waals surface area (Å²) in [5.41, 5.74) is 1.10. The van der Waals surface area contributed by atoms with Crippen LogP contribution < -0.4 is 18.9 Å². The zero-order chi connectivity index (χ0) is 27.8. The first-order valence-corrected chi connectivity index (χ1v) is 14.3. The van der Waals surface area contributed by atoms with Crippen molar-refractivity contribution in [2.45, 2.75) is 62.4 Å². The Bertz CT molecular complexity index is 1380. The molecule has 8 nitrogen and oxygen atoms in total. The molecule has 2 aromatic carbocycles. The maximum Gasteiger partial charge on any atom is 0.162 e. The smallest absolute Gasteiger partial charge is 0.162 e. The predicted octanol–water partition coefficient (Wildman–Crippen LogP) is 7.00. The van der Waals surface area contributed by atoms with Crippen LogP contribution in [0.1, 0.15) is 53.2 Å². The highest BCUT2D eigenvalue weighted by Crippen LogP contribution is 2.45. The van der Waals surface area contributed by atoms with E-state index >= 15 is 0 Å². The Morgan fingerprint density at radius 3 is 1.11 bits per heavy atom. The van der Waals surface area contributed by atoms with Gasteiger partial charge in [-0.1, -0.05) is 41.5 Å². The van der Waals surface area contributed by atoms with Gasteiger partial charge < -0.3 is 18.9 Å². The molecule has 0 bridgehead atoms. The van der Waals surface area contributed by atoms with E-state index in [9.17, 15) is 0 Å². The molecular formula is C28H34N4O4S2. The maximum absolute atomic E-state index is 5.57. The van der Waals surface area contributed by atoms with E-state index in [0.717, 1.165) is 43.5 Å². The van der Waals surface area contributed by atoms with Gasteiger partial charge in [0.15, 0.2) is 23.0 Å². The number of methoxy groups -OCH3 is 4. The minimum absolute atomic E-state index is 0.244. The van der Waals surface area contributed by atoms with E-state index in [4.69, 9.17) is 38.9 Å². The number of nitrogens with zero attached hydrogens (tertiary/aromatic N) is 4. The predicted molar refractivity (Wildman–Crippen MR) is 154 cm³/mol. The number of benzene rings is 2. The van der Waals surface area contributed by atoms with Gasteiger partial charge in [0.1, 0.15) is 21.7 Å². The van der Waals surface area contributed by atoms with Gasteiger partial charge in [-0.25, -0.2) is 19.9 Å². The molecule has 0 saturated heterocycles. The molecule has 0 amide bonds. The zero-order valence-electron chi connectivity index (χ0n) is 23.5. The molecule has 2 aromatic heterocycles. The molecule has 4 aromatic rings. The van der Waals surface area contributed by atoms with Gasteiger partial charge in [0, 0.05) is 33.7 Å². The van der Waals surface area contributed by atoms with Gasteiger partial charge in [-0.05, 0) is 33.7 Å². The lowest BCUT2D eigenvalue weighted by molar-refractivity contribution is 0.355. The molecule has 202 valence electrons. The summed E-state index contributed by atoms with van der Waals surface area (Å²) >= 11 is 0. The lowest BCUT2D eigenvalue weighted by atomic mass is 9.95. The number of rotatable bonds is 7. The highest BCUT2D eigenvalue weighted by atomic mass is 33.1. The maximum atomic E-state index is 5.57. The van der Waals surface area contributed by atoms with Crippen molar-refractivity contribution in [3.63, 3.8) is 0 Å². The van der Waals surface area contributed by atoms with Gasteiger partial charge in [0.05, 0.1) is 39.5 Å². The van der Waals surface area contributed by atoms with E-state index in [-0.39, 0.29) is 10.8 Å². The number of hydrogen-bond acceptors (Lipinski definition) is 10. The van der Waals surface area contributed by atoms with Crippen molar-refractivity contribution in [1.29, 1.82) is 0 Å². The van der Waals surface area contributed by atoms with Crippen molar-refractivity contribution in [1.82, 2.24) is 19.9 Å². The van der Waals surface area contributed by atoms with E-state index in [1.807, 2.05) is 24.3 Å². The highest BCUT2D eigenvalue weighted by molar-refractivity contribution is 8.76. The topological polar surface area (TPSA) is 88.5 Å². The number of aromatic nitrogens is 4. The Hall–Kier alpha value is -2.98. The summed E-state index contributed by atoms with van der Waals surface area (Å²) in [5, 5.41) is 3.38. The fourth-order valence-electron chi connectivity index (χ4n) is 3.73. The van der Waals surface area contributed by atoms with E-state index in [1.165, 1.54) is 21.6 Å². The molecule has 0 atom stereocenters. The van der Waals surface area contributed by atoms with Gasteiger partial charge in [0.2, 0.25) is 0 Å². The van der Waals surface area contributed by atoms with E-state index in [1.54, 1.807) is 28.4 Å². The molecule has 0 spiro atoms. The number of ether oxygens (including phenoxy) is 4. The first-order chi connectivity index (χ1) is 17.9. The largest absolute Gasteiger partial charge is 0.493 e. The fraction of sp³-hybridized carbons (Fsp3) is 0.429. The van der Waals surface area contributed by atoms with Crippen LogP contribution in [0.5, 0.6) is 23.0 Å². The number of fused-ring (bicyclic) bond motifs is 2. The van der Waals surface area contributed by atoms with Crippen molar-refractivity contribution < 1.29 is 18.9 Å². The van der Waals surface area contributed by atoms with Crippen LogP contribution in [0, 0.1) is 0 Å². The summed E-state index contributed by atoms with van der Waals surface area (Å²) in [4.78, 5) is 19.7. The molecule has 2 heterocycles. The van der Waals surface area contributed by atoms with Gasteiger partial charge in [-0.2, -0.15) is 0 Å². The minimum Gasteiger partial charge on any atom is -0.493 e. The quantitative estimate of drug-likeness (QED) is 0.176. The van der Waals surface area contributed by atoms with Crippen molar-refractivity contribution in [3.05, 3.63) is 35.9 Å². The van der Waals surface area contributed by atoms with Gasteiger partial charge in [0.25, 0.3) is 0 Å². The van der Waals surface area contributed by atoms with Gasteiger partial charge in [-0.3, -0.25) is 0 Å². The monoisotopic (exact) mass is 554 g/mol. The van der Waals surface area contributed by atoms with Crippen molar-refractivity contribution in [3.8, 4) is 23.0 Å². The number of hydrogen-bond donors (Lipinski definition) is 0. The summed E-state index contributed by atoms with van der Waals surface area (Å²) in [6.45, 7) is 12.6. The third kappa shape index (κ3) is 5.56. The summed E-state index contributed by atoms with van der Waals surface area (Å²) in [6.07, 6.45) is 0. The van der Waals surface area contributed by atoms with Crippen LogP contribution in [0.3, 0.4) is 0 Å². The first kappa shape index (κ1) is 28.0. The van der Waals surface area contributed by atoms with Crippen LogP contribution in [-0.4, -0.2) is 48.4 Å². The summed E-state index contributed by atoms with van der Waals surface area (Å²) in [6, 6.07) is 7.65. The van der Waals surface area contributed by atoms with Crippen LogP contribution in [0.25, 0.3) is 21.8 Å². The van der Waals surface area contributed by atoms with E-state index in [2.05, 4.69) is 41.5 Å². The molecule has 0 aliphatic carbocycles. The van der Waals surface area contributed by atoms with Crippen LogP contribution in [0.4, 0.5) is 0 Å². The molecule has 0 saturated carbocycles. The molecule has 0 fully saturated rings. The van der Waals surface area contributed by atoms with E-state index in [0.29, 0.717) is 23.0 Å². The van der Waals surface area contributed by atoms with Crippen LogP contribution in [0.15, 0.2) is 34.3 Å². The normalized spacial score (nSPS) is 12.2. The van der Waals surface area contributed by atoms with Crippen molar-refractivity contribution in [2.24, 2.45) is 0 Å². The molecule has 0 unspecified atom stereocenters. The Kier molecular flexibility index (Phi) is 7.86. The summed E-state index contributed by atoms with van der Waals surface area (Å²) in [5.74, 6) is 3.99. The van der Waals surface area contributed by atoms with Crippen molar-refractivity contribution in [2.75, 3.05) is 28.4 Å². The third-order valence-electron chi connectivity index (χ3n) is 5.87. The Balaban J connectivity index is 1.89. The second kappa shape index (κ2) is 10.6. The summed E-state index contributed by atoms with van der Waals surface area (Å²) < 4.78 is 22.2. The molecule has 0 radical (unpaired) electrons. The van der Waals surface area contributed by atoms with Crippen LogP contribution >= 0.6 is 21.6 Å². The molecule has 4 rings (SSSR count). The fourth-order valence-corrected chi connectivity index (χ4v) is 5.88. The second-order valence-electron chi connectivity index (χ2n) is 10.8. The lowest BCUT2D eigenvalue weighted by Crippen LogP contribution is -2.17. The minimum atomic E-state index is -0.244. The molecule has 10 heteroatoms. The Labute approximate surface area is 231 Å².